The summed E-state index contributed by atoms with van der Waals surface area (Å²) in [6.07, 6.45) is -1.30. The maximum Gasteiger partial charge on any atom is 0.444 e. The molecule has 74 valence electrons. The van der Waals surface area contributed by atoms with Crippen LogP contribution in [0.4, 0.5) is 4.79 Å². The second-order valence-electron chi connectivity index (χ2n) is 2.00. The number of carbonyl (C=O) groups is 2. The number of hydrogen-bond acceptors (Lipinski definition) is 6. The lowest BCUT2D eigenvalue weighted by Gasteiger charge is -2.06. The van der Waals surface area contributed by atoms with Crippen LogP contribution in [0.5, 0.6) is 0 Å². The summed E-state index contributed by atoms with van der Waals surface area (Å²) in [5.74, 6) is -0.857. The molecule has 0 radical (unpaired) electrons. The lowest BCUT2D eigenvalue weighted by molar-refractivity contribution is -0.203. The van der Waals surface area contributed by atoms with E-state index in [2.05, 4.69) is 16.2 Å². The zero-order chi connectivity index (χ0) is 10.4. The minimum atomic E-state index is -2.26. The van der Waals surface area contributed by atoms with Crippen LogP contribution >= 0.6 is 0 Å². The Morgan fingerprint density at radius 2 is 2.00 bits per heavy atom. The van der Waals surface area contributed by atoms with Crippen molar-refractivity contribution in [1.82, 2.24) is 5.48 Å². The van der Waals surface area contributed by atoms with Gasteiger partial charge in [0, 0.05) is 5.57 Å². The smallest absolute Gasteiger partial charge is 0.392 e. The van der Waals surface area contributed by atoms with Crippen molar-refractivity contribution < 1.29 is 29.4 Å². The number of aliphatic hydroxyl groups excluding tert-OH is 1. The first-order valence-electron chi connectivity index (χ1n) is 3.13. The average molecular weight is 191 g/mol. The van der Waals surface area contributed by atoms with Crippen LogP contribution < -0.4 is 5.48 Å². The van der Waals surface area contributed by atoms with Crippen molar-refractivity contribution in [1.29, 1.82) is 0 Å². The predicted octanol–water partition coefficient (Wildman–Crippen LogP) is -0.985. The molecule has 0 rings (SSSR count). The lowest BCUT2D eigenvalue weighted by atomic mass is 10.4. The molecule has 1 amide bonds. The highest BCUT2D eigenvalue weighted by atomic mass is 16.8. The number of rotatable bonds is 2. The molecule has 7 nitrogen and oxygen atoms in total. The molecule has 0 heterocycles. The van der Waals surface area contributed by atoms with E-state index in [-0.39, 0.29) is 5.57 Å². The monoisotopic (exact) mass is 191 g/mol. The van der Waals surface area contributed by atoms with Gasteiger partial charge in [-0.05, 0) is 6.92 Å². The molecule has 0 saturated carbocycles. The largest absolute Gasteiger partial charge is 0.444 e. The third kappa shape index (κ3) is 5.65. The molecular formula is C6H9NO6. The van der Waals surface area contributed by atoms with E-state index in [0.29, 0.717) is 0 Å². The molecule has 7 heteroatoms. The molecule has 0 aliphatic heterocycles. The first-order chi connectivity index (χ1) is 5.93. The number of carbonyl (C=O) groups excluding carboxylic acids is 2. The van der Waals surface area contributed by atoms with Crippen LogP contribution in [0.2, 0.25) is 0 Å². The zero-order valence-electron chi connectivity index (χ0n) is 6.81. The van der Waals surface area contributed by atoms with Crippen molar-refractivity contribution in [2.24, 2.45) is 0 Å². The van der Waals surface area contributed by atoms with Gasteiger partial charge in [0.05, 0.1) is 0 Å². The van der Waals surface area contributed by atoms with E-state index in [0.717, 1.165) is 0 Å². The highest BCUT2D eigenvalue weighted by Crippen LogP contribution is 1.90. The molecule has 0 aliphatic rings. The maximum absolute atomic E-state index is 10.6. The maximum atomic E-state index is 10.6. The molecule has 0 saturated heterocycles. The minimum absolute atomic E-state index is 0.0739. The molecule has 0 aromatic heterocycles. The fourth-order valence-electron chi connectivity index (χ4n) is 0.295. The fourth-order valence-corrected chi connectivity index (χ4v) is 0.295. The second-order valence-corrected chi connectivity index (χ2v) is 2.00. The number of hydroxylamine groups is 1. The molecule has 0 fully saturated rings. The summed E-state index contributed by atoms with van der Waals surface area (Å²) >= 11 is 0. The summed E-state index contributed by atoms with van der Waals surface area (Å²) in [4.78, 5) is 25.1. The number of hydrogen-bond donors (Lipinski definition) is 3. The Morgan fingerprint density at radius 1 is 1.46 bits per heavy atom. The Hall–Kier alpha value is -1.60. The van der Waals surface area contributed by atoms with Crippen molar-refractivity contribution >= 4 is 12.1 Å². The molecule has 0 aromatic carbocycles. The zero-order valence-corrected chi connectivity index (χ0v) is 6.81. The summed E-state index contributed by atoms with van der Waals surface area (Å²) in [5.41, 5.74) is 1.58. The number of amides is 1. The van der Waals surface area contributed by atoms with Crippen LogP contribution in [0, 0.1) is 0 Å². The predicted molar refractivity (Wildman–Crippen MR) is 38.7 cm³/mol. The summed E-state index contributed by atoms with van der Waals surface area (Å²) in [7, 11) is 0. The number of ether oxygens (including phenoxy) is 1. The van der Waals surface area contributed by atoms with Gasteiger partial charge >= 0.3 is 18.5 Å². The minimum Gasteiger partial charge on any atom is -0.392 e. The molecular weight excluding hydrogens is 182 g/mol. The van der Waals surface area contributed by atoms with Crippen LogP contribution in [-0.2, 0) is 14.4 Å². The van der Waals surface area contributed by atoms with Gasteiger partial charge in [-0.15, -0.1) is 5.48 Å². The van der Waals surface area contributed by atoms with Crippen LogP contribution in [-0.4, -0.2) is 28.8 Å². The molecule has 0 spiro atoms. The highest BCUT2D eigenvalue weighted by Gasteiger charge is 2.10. The second kappa shape index (κ2) is 5.12. The van der Waals surface area contributed by atoms with Crippen LogP contribution in [0.1, 0.15) is 6.92 Å². The quantitative estimate of drug-likeness (QED) is 0.294. The van der Waals surface area contributed by atoms with E-state index in [1.165, 1.54) is 12.4 Å². The van der Waals surface area contributed by atoms with Crippen molar-refractivity contribution in [3.05, 3.63) is 12.2 Å². The van der Waals surface area contributed by atoms with E-state index < -0.39 is 18.5 Å². The van der Waals surface area contributed by atoms with Crippen LogP contribution in [0.15, 0.2) is 12.2 Å². The van der Waals surface area contributed by atoms with E-state index in [4.69, 9.17) is 10.2 Å². The van der Waals surface area contributed by atoms with E-state index >= 15 is 0 Å². The molecule has 13 heavy (non-hydrogen) atoms. The molecule has 0 bridgehead atoms. The molecule has 0 aromatic rings. The molecule has 0 atom stereocenters. The normalized spacial score (nSPS) is 9.23. The number of nitrogens with one attached hydrogen (secondary N) is 1. The Kier molecular flexibility index (Phi) is 4.49. The summed E-state index contributed by atoms with van der Waals surface area (Å²) in [5, 5.41) is 16.2. The van der Waals surface area contributed by atoms with Gasteiger partial charge in [0.2, 0.25) is 0 Å². The molecule has 3 N–H and O–H groups in total. The summed E-state index contributed by atoms with van der Waals surface area (Å²) in [6, 6.07) is 0. The van der Waals surface area contributed by atoms with Crippen LogP contribution in [0.25, 0.3) is 0 Å². The summed E-state index contributed by atoms with van der Waals surface area (Å²) < 4.78 is 3.73. The van der Waals surface area contributed by atoms with Crippen molar-refractivity contribution in [2.45, 2.75) is 13.4 Å². The van der Waals surface area contributed by atoms with Gasteiger partial charge in [0.1, 0.15) is 0 Å². The first kappa shape index (κ1) is 11.4. The number of aliphatic hydroxyl groups is 2. The average Bonchev–Trinajstić information content (AvgIpc) is 1.98. The van der Waals surface area contributed by atoms with Gasteiger partial charge in [-0.25, -0.2) is 9.59 Å². The van der Waals surface area contributed by atoms with Gasteiger partial charge in [-0.1, -0.05) is 6.58 Å². The van der Waals surface area contributed by atoms with Gasteiger partial charge in [0.15, 0.2) is 0 Å². The Balaban J connectivity index is 3.71. The SMILES string of the molecule is C=C(C)C(=O)ONC(=O)OC(O)O. The van der Waals surface area contributed by atoms with E-state index in [1.54, 1.807) is 0 Å². The highest BCUT2D eigenvalue weighted by molar-refractivity contribution is 5.87. The molecule has 0 unspecified atom stereocenters. The topological polar surface area (TPSA) is 105 Å². The Morgan fingerprint density at radius 3 is 2.38 bits per heavy atom. The van der Waals surface area contributed by atoms with Gasteiger partial charge in [0.25, 0.3) is 0 Å². The molecule has 0 aliphatic carbocycles. The van der Waals surface area contributed by atoms with Crippen molar-refractivity contribution in [3.63, 3.8) is 0 Å². The van der Waals surface area contributed by atoms with Crippen LogP contribution in [0.3, 0.4) is 0 Å². The van der Waals surface area contributed by atoms with Gasteiger partial charge in [-0.3, -0.25) is 0 Å². The lowest BCUT2D eigenvalue weighted by Crippen LogP contribution is -2.31. The van der Waals surface area contributed by atoms with Gasteiger partial charge < -0.3 is 19.8 Å². The fraction of sp³-hybridized carbons (Fsp3) is 0.333. The third-order valence-electron chi connectivity index (χ3n) is 0.788. The van der Waals surface area contributed by atoms with Crippen molar-refractivity contribution in [2.75, 3.05) is 0 Å². The summed E-state index contributed by atoms with van der Waals surface area (Å²) in [6.45, 7) is 2.34. The first-order valence-corrected chi connectivity index (χ1v) is 3.13. The van der Waals surface area contributed by atoms with E-state index in [1.807, 2.05) is 0 Å². The van der Waals surface area contributed by atoms with E-state index in [9.17, 15) is 9.59 Å². The Labute approximate surface area is 73.5 Å². The van der Waals surface area contributed by atoms with Crippen molar-refractivity contribution in [3.8, 4) is 0 Å². The van der Waals surface area contributed by atoms with Gasteiger partial charge in [-0.2, -0.15) is 0 Å². The Bertz CT molecular complexity index is 223. The third-order valence-corrected chi connectivity index (χ3v) is 0.788. The standard InChI is InChI=1S/C6H9NO6/c1-3(2)4(8)13-7-5(9)12-6(10)11/h6,10-11H,1H2,2H3,(H,7,9).